The average molecular weight is 159 g/mol. The first kappa shape index (κ1) is 8.97. The van der Waals surface area contributed by atoms with Gasteiger partial charge in [0.15, 0.2) is 0 Å². The van der Waals surface area contributed by atoms with Gasteiger partial charge in [-0.2, -0.15) is 0 Å². The van der Waals surface area contributed by atoms with Crippen LogP contribution < -0.4 is 5.73 Å². The average Bonchev–Trinajstić information content (AvgIpc) is 2.28. The Labute approximate surface area is 67.9 Å². The molecule has 3 heteroatoms. The Morgan fingerprint density at radius 2 is 2.45 bits per heavy atom. The summed E-state index contributed by atoms with van der Waals surface area (Å²) in [4.78, 5) is 0. The highest BCUT2D eigenvalue weighted by atomic mass is 16.5. The number of rotatable bonds is 2. The van der Waals surface area contributed by atoms with Gasteiger partial charge in [0.2, 0.25) is 0 Å². The highest BCUT2D eigenvalue weighted by Gasteiger charge is 2.18. The van der Waals surface area contributed by atoms with E-state index in [2.05, 4.69) is 0 Å². The molecule has 0 aromatic rings. The molecule has 66 valence electrons. The lowest BCUT2D eigenvalue weighted by atomic mass is 10.0. The summed E-state index contributed by atoms with van der Waals surface area (Å²) in [5.41, 5.74) is 5.55. The van der Waals surface area contributed by atoms with Crippen molar-refractivity contribution in [2.24, 2.45) is 11.7 Å². The van der Waals surface area contributed by atoms with Crippen molar-refractivity contribution in [3.8, 4) is 0 Å². The van der Waals surface area contributed by atoms with Gasteiger partial charge in [-0.25, -0.2) is 0 Å². The van der Waals surface area contributed by atoms with E-state index in [0.29, 0.717) is 18.6 Å². The highest BCUT2D eigenvalue weighted by molar-refractivity contribution is 4.69. The Kier molecular flexibility index (Phi) is 3.83. The Balaban J connectivity index is 2.33. The summed E-state index contributed by atoms with van der Waals surface area (Å²) in [6, 6.07) is 0. The topological polar surface area (TPSA) is 44.5 Å². The standard InChI is InChI=1S/C8H17NO2/c1-10-8-2-3-11-6-7(4-8)5-9/h7-8H,2-6,9H2,1H3/t7-,8-/m0/s1. The summed E-state index contributed by atoms with van der Waals surface area (Å²) in [6.45, 7) is 2.32. The summed E-state index contributed by atoms with van der Waals surface area (Å²) in [6.07, 6.45) is 2.41. The molecule has 1 fully saturated rings. The molecule has 0 radical (unpaired) electrons. The zero-order valence-electron chi connectivity index (χ0n) is 7.08. The van der Waals surface area contributed by atoms with Gasteiger partial charge >= 0.3 is 0 Å². The SMILES string of the molecule is CO[C@H]1CCOC[C@H](CN)C1. The number of nitrogens with two attached hydrogens (primary N) is 1. The molecule has 1 rings (SSSR count). The van der Waals surface area contributed by atoms with Crippen LogP contribution in [0, 0.1) is 5.92 Å². The normalized spacial score (nSPS) is 33.3. The van der Waals surface area contributed by atoms with Crippen molar-refractivity contribution in [1.82, 2.24) is 0 Å². The van der Waals surface area contributed by atoms with E-state index in [1.165, 1.54) is 0 Å². The van der Waals surface area contributed by atoms with Crippen molar-refractivity contribution in [1.29, 1.82) is 0 Å². The monoisotopic (exact) mass is 159 g/mol. The lowest BCUT2D eigenvalue weighted by Crippen LogP contribution is -2.22. The molecular formula is C8H17NO2. The van der Waals surface area contributed by atoms with Crippen LogP contribution in [0.15, 0.2) is 0 Å². The van der Waals surface area contributed by atoms with Gasteiger partial charge in [0.25, 0.3) is 0 Å². The molecule has 1 aliphatic rings. The Morgan fingerprint density at radius 1 is 1.64 bits per heavy atom. The minimum absolute atomic E-state index is 0.353. The minimum atomic E-state index is 0.353. The van der Waals surface area contributed by atoms with Crippen molar-refractivity contribution >= 4 is 0 Å². The molecule has 0 bridgehead atoms. The molecule has 0 aromatic heterocycles. The molecule has 0 spiro atoms. The molecule has 2 N–H and O–H groups in total. The maximum absolute atomic E-state index is 5.55. The van der Waals surface area contributed by atoms with Crippen LogP contribution >= 0.6 is 0 Å². The molecular weight excluding hydrogens is 142 g/mol. The quantitative estimate of drug-likeness (QED) is 0.633. The first-order valence-corrected chi connectivity index (χ1v) is 4.17. The van der Waals surface area contributed by atoms with E-state index >= 15 is 0 Å². The minimum Gasteiger partial charge on any atom is -0.381 e. The van der Waals surface area contributed by atoms with E-state index in [1.54, 1.807) is 7.11 Å². The van der Waals surface area contributed by atoms with Crippen LogP contribution in [0.25, 0.3) is 0 Å². The lowest BCUT2D eigenvalue weighted by Gasteiger charge is -2.15. The van der Waals surface area contributed by atoms with Gasteiger partial charge in [-0.1, -0.05) is 0 Å². The Bertz CT molecular complexity index is 96.3. The van der Waals surface area contributed by atoms with Crippen molar-refractivity contribution in [2.45, 2.75) is 18.9 Å². The molecule has 2 atom stereocenters. The third-order valence-electron chi connectivity index (χ3n) is 2.20. The molecule has 0 saturated carbocycles. The highest BCUT2D eigenvalue weighted by Crippen LogP contribution is 2.15. The summed E-state index contributed by atoms with van der Waals surface area (Å²) >= 11 is 0. The first-order chi connectivity index (χ1) is 5.36. The van der Waals surface area contributed by atoms with Gasteiger partial charge in [-0.05, 0) is 25.3 Å². The van der Waals surface area contributed by atoms with Crippen molar-refractivity contribution in [3.05, 3.63) is 0 Å². The second-order valence-corrected chi connectivity index (χ2v) is 3.06. The van der Waals surface area contributed by atoms with Crippen LogP contribution in [0.5, 0.6) is 0 Å². The molecule has 11 heavy (non-hydrogen) atoms. The predicted molar refractivity (Wildman–Crippen MR) is 43.4 cm³/mol. The van der Waals surface area contributed by atoms with Crippen LogP contribution in [0.2, 0.25) is 0 Å². The number of ether oxygens (including phenoxy) is 2. The number of hydrogen-bond acceptors (Lipinski definition) is 3. The van der Waals surface area contributed by atoms with Gasteiger partial charge in [0.05, 0.1) is 12.7 Å². The molecule has 0 amide bonds. The summed E-state index contributed by atoms with van der Waals surface area (Å²) in [7, 11) is 1.75. The summed E-state index contributed by atoms with van der Waals surface area (Å²) < 4.78 is 10.6. The van der Waals surface area contributed by atoms with Crippen molar-refractivity contribution in [2.75, 3.05) is 26.9 Å². The number of methoxy groups -OCH3 is 1. The zero-order chi connectivity index (χ0) is 8.10. The van der Waals surface area contributed by atoms with Gasteiger partial charge in [-0.15, -0.1) is 0 Å². The third kappa shape index (κ3) is 2.77. The van der Waals surface area contributed by atoms with Gasteiger partial charge in [0.1, 0.15) is 0 Å². The van der Waals surface area contributed by atoms with Crippen LogP contribution in [0.4, 0.5) is 0 Å². The second-order valence-electron chi connectivity index (χ2n) is 3.06. The van der Waals surface area contributed by atoms with Crippen LogP contribution in [0.1, 0.15) is 12.8 Å². The molecule has 0 unspecified atom stereocenters. The summed E-state index contributed by atoms with van der Waals surface area (Å²) in [5, 5.41) is 0. The van der Waals surface area contributed by atoms with Gasteiger partial charge in [-0.3, -0.25) is 0 Å². The maximum Gasteiger partial charge on any atom is 0.0597 e. The van der Waals surface area contributed by atoms with E-state index in [4.69, 9.17) is 15.2 Å². The van der Waals surface area contributed by atoms with Crippen molar-refractivity contribution in [3.63, 3.8) is 0 Å². The second kappa shape index (κ2) is 4.70. The predicted octanol–water partition coefficient (Wildman–Crippen LogP) is 0.387. The van der Waals surface area contributed by atoms with Crippen LogP contribution in [0.3, 0.4) is 0 Å². The molecule has 1 saturated heterocycles. The van der Waals surface area contributed by atoms with Crippen LogP contribution in [-0.2, 0) is 9.47 Å². The third-order valence-corrected chi connectivity index (χ3v) is 2.20. The molecule has 3 nitrogen and oxygen atoms in total. The van der Waals surface area contributed by atoms with Gasteiger partial charge in [0, 0.05) is 13.7 Å². The van der Waals surface area contributed by atoms with Crippen molar-refractivity contribution < 1.29 is 9.47 Å². The fourth-order valence-electron chi connectivity index (χ4n) is 1.40. The van der Waals surface area contributed by atoms with E-state index in [1.807, 2.05) is 0 Å². The smallest absolute Gasteiger partial charge is 0.0597 e. The molecule has 1 heterocycles. The fourth-order valence-corrected chi connectivity index (χ4v) is 1.40. The molecule has 0 aliphatic carbocycles. The fraction of sp³-hybridized carbons (Fsp3) is 1.00. The molecule has 0 aromatic carbocycles. The number of hydrogen-bond donors (Lipinski definition) is 1. The van der Waals surface area contributed by atoms with E-state index in [0.717, 1.165) is 26.1 Å². The zero-order valence-corrected chi connectivity index (χ0v) is 7.08. The largest absolute Gasteiger partial charge is 0.381 e. The van der Waals surface area contributed by atoms with E-state index in [9.17, 15) is 0 Å². The van der Waals surface area contributed by atoms with Gasteiger partial charge < -0.3 is 15.2 Å². The van der Waals surface area contributed by atoms with E-state index < -0.39 is 0 Å². The molecule has 1 aliphatic heterocycles. The first-order valence-electron chi connectivity index (χ1n) is 4.17. The summed E-state index contributed by atoms with van der Waals surface area (Å²) in [5.74, 6) is 0.488. The maximum atomic E-state index is 5.55. The van der Waals surface area contributed by atoms with E-state index in [-0.39, 0.29) is 0 Å². The van der Waals surface area contributed by atoms with Crippen LogP contribution in [-0.4, -0.2) is 33.0 Å². The Morgan fingerprint density at radius 3 is 3.09 bits per heavy atom. The lowest BCUT2D eigenvalue weighted by molar-refractivity contribution is 0.0773. The Hall–Kier alpha value is -0.120.